The third-order valence-corrected chi connectivity index (χ3v) is 11.0. The molecule has 2 heterocycles. The van der Waals surface area contributed by atoms with Crippen molar-refractivity contribution in [2.75, 3.05) is 4.90 Å². The minimum absolute atomic E-state index is 0.633. The molecule has 4 nitrogen and oxygen atoms in total. The van der Waals surface area contributed by atoms with Crippen LogP contribution in [0.15, 0.2) is 206 Å². The standard InChI is InChI=1S/C53H34N4/c1-4-16-36(17-5-1)44-25-14-28-47-49(44)46-27-13-26-45-43(31-32-48(50(45)46)57(47)42-23-8-3-9-24-42)39-21-12-22-40(34-39)52-54-51(37-18-6-2-7-19-37)55-53(56-52)41-30-29-35-15-10-11-20-38(35)33-41/h1-34H. The minimum atomic E-state index is 0.633. The Kier molecular flexibility index (Phi) is 7.78. The predicted molar refractivity (Wildman–Crippen MR) is 236 cm³/mol. The first-order valence-corrected chi connectivity index (χ1v) is 19.3. The zero-order valence-corrected chi connectivity index (χ0v) is 30.9. The lowest BCUT2D eigenvalue weighted by Crippen LogP contribution is -2.15. The van der Waals surface area contributed by atoms with Crippen molar-refractivity contribution >= 4 is 38.6 Å². The van der Waals surface area contributed by atoms with Crippen molar-refractivity contribution in [2.24, 2.45) is 0 Å². The largest absolute Gasteiger partial charge is 0.309 e. The van der Waals surface area contributed by atoms with Crippen LogP contribution in [0.4, 0.5) is 17.1 Å². The molecule has 0 spiro atoms. The van der Waals surface area contributed by atoms with E-state index in [1.807, 2.05) is 18.2 Å². The highest BCUT2D eigenvalue weighted by Crippen LogP contribution is 2.55. The topological polar surface area (TPSA) is 41.9 Å². The Morgan fingerprint density at radius 2 is 0.895 bits per heavy atom. The van der Waals surface area contributed by atoms with E-state index in [9.17, 15) is 0 Å². The second-order valence-corrected chi connectivity index (χ2v) is 14.4. The highest BCUT2D eigenvalue weighted by Gasteiger charge is 2.29. The van der Waals surface area contributed by atoms with Gasteiger partial charge in [-0.15, -0.1) is 0 Å². The fourth-order valence-electron chi connectivity index (χ4n) is 8.39. The molecule has 0 atom stereocenters. The molecule has 0 fully saturated rings. The summed E-state index contributed by atoms with van der Waals surface area (Å²) in [6.45, 7) is 0. The molecule has 1 aromatic heterocycles. The number of benzene rings is 9. The fraction of sp³-hybridized carbons (Fsp3) is 0. The van der Waals surface area contributed by atoms with Gasteiger partial charge in [-0.25, -0.2) is 15.0 Å². The second kappa shape index (κ2) is 13.6. The van der Waals surface area contributed by atoms with Crippen LogP contribution in [0.2, 0.25) is 0 Å². The SMILES string of the molecule is c1ccc(-c2nc(-c3cccc(-c4ccc5c6c(cccc46)-c4c(-c6ccccc6)cccc4N5c4ccccc4)c3)nc(-c3ccc4ccccc4c3)n2)cc1. The van der Waals surface area contributed by atoms with E-state index in [-0.39, 0.29) is 0 Å². The van der Waals surface area contributed by atoms with E-state index in [0.29, 0.717) is 17.5 Å². The van der Waals surface area contributed by atoms with Gasteiger partial charge in [0.1, 0.15) is 0 Å². The molecular weight excluding hydrogens is 693 g/mol. The number of rotatable bonds is 6. The average Bonchev–Trinajstić information content (AvgIpc) is 3.29. The van der Waals surface area contributed by atoms with Gasteiger partial charge in [0.05, 0.1) is 11.4 Å². The Labute approximate surface area is 331 Å². The molecule has 4 heteroatoms. The normalized spacial score (nSPS) is 11.8. The van der Waals surface area contributed by atoms with Gasteiger partial charge in [-0.1, -0.05) is 170 Å². The highest BCUT2D eigenvalue weighted by molar-refractivity contribution is 6.19. The molecule has 1 aliphatic heterocycles. The molecule has 0 amide bonds. The van der Waals surface area contributed by atoms with E-state index in [1.165, 1.54) is 44.1 Å². The number of aromatic nitrogens is 3. The fourth-order valence-corrected chi connectivity index (χ4v) is 8.39. The molecule has 0 unspecified atom stereocenters. The summed E-state index contributed by atoms with van der Waals surface area (Å²) in [5.74, 6) is 1.92. The van der Waals surface area contributed by atoms with Crippen molar-refractivity contribution in [3.63, 3.8) is 0 Å². The van der Waals surface area contributed by atoms with Gasteiger partial charge in [0.2, 0.25) is 0 Å². The van der Waals surface area contributed by atoms with Crippen molar-refractivity contribution in [1.82, 2.24) is 15.0 Å². The molecule has 57 heavy (non-hydrogen) atoms. The lowest BCUT2D eigenvalue weighted by Gasteiger charge is -2.35. The maximum absolute atomic E-state index is 5.13. The Morgan fingerprint density at radius 3 is 1.67 bits per heavy atom. The molecule has 0 radical (unpaired) electrons. The zero-order valence-electron chi connectivity index (χ0n) is 30.9. The smallest absolute Gasteiger partial charge is 0.164 e. The van der Waals surface area contributed by atoms with E-state index in [2.05, 4.69) is 193 Å². The van der Waals surface area contributed by atoms with E-state index in [4.69, 9.17) is 15.0 Å². The molecule has 0 saturated heterocycles. The summed E-state index contributed by atoms with van der Waals surface area (Å²) in [6, 6.07) is 73.0. The summed E-state index contributed by atoms with van der Waals surface area (Å²) in [5.41, 5.74) is 13.4. The van der Waals surface area contributed by atoms with Gasteiger partial charge >= 0.3 is 0 Å². The number of para-hydroxylation sites is 1. The van der Waals surface area contributed by atoms with Gasteiger partial charge in [0.25, 0.3) is 0 Å². The molecule has 11 rings (SSSR count). The zero-order chi connectivity index (χ0) is 37.7. The van der Waals surface area contributed by atoms with Gasteiger partial charge in [-0.3, -0.25) is 0 Å². The van der Waals surface area contributed by atoms with E-state index < -0.39 is 0 Å². The number of hydrogen-bond acceptors (Lipinski definition) is 4. The first kappa shape index (κ1) is 32.7. The monoisotopic (exact) mass is 726 g/mol. The molecule has 0 saturated carbocycles. The summed E-state index contributed by atoms with van der Waals surface area (Å²) in [4.78, 5) is 17.7. The van der Waals surface area contributed by atoms with Crippen LogP contribution in [-0.2, 0) is 0 Å². The number of anilines is 3. The number of nitrogens with zero attached hydrogens (tertiary/aromatic N) is 4. The van der Waals surface area contributed by atoms with Crippen LogP contribution in [-0.4, -0.2) is 15.0 Å². The molecule has 266 valence electrons. The third-order valence-electron chi connectivity index (χ3n) is 11.0. The first-order valence-electron chi connectivity index (χ1n) is 19.3. The van der Waals surface area contributed by atoms with Gasteiger partial charge in [-0.2, -0.15) is 0 Å². The molecule has 0 bridgehead atoms. The highest BCUT2D eigenvalue weighted by atomic mass is 15.2. The van der Waals surface area contributed by atoms with Crippen LogP contribution in [0.5, 0.6) is 0 Å². The molecule has 9 aromatic carbocycles. The number of fused-ring (bicyclic) bond motifs is 3. The van der Waals surface area contributed by atoms with Crippen LogP contribution >= 0.6 is 0 Å². The summed E-state index contributed by atoms with van der Waals surface area (Å²) in [6.07, 6.45) is 0. The Bertz CT molecular complexity index is 3120. The van der Waals surface area contributed by atoms with Crippen LogP contribution in [0, 0.1) is 0 Å². The van der Waals surface area contributed by atoms with Gasteiger partial charge in [0.15, 0.2) is 17.5 Å². The van der Waals surface area contributed by atoms with Gasteiger partial charge < -0.3 is 4.90 Å². The summed E-state index contributed by atoms with van der Waals surface area (Å²) in [5, 5.41) is 4.74. The third kappa shape index (κ3) is 5.66. The van der Waals surface area contributed by atoms with E-state index in [1.54, 1.807) is 0 Å². The van der Waals surface area contributed by atoms with Gasteiger partial charge in [-0.05, 0) is 80.4 Å². The summed E-state index contributed by atoms with van der Waals surface area (Å²) < 4.78 is 0. The quantitative estimate of drug-likeness (QED) is 0.171. The van der Waals surface area contributed by atoms with E-state index in [0.717, 1.165) is 44.6 Å². The van der Waals surface area contributed by atoms with Crippen molar-refractivity contribution < 1.29 is 0 Å². The maximum atomic E-state index is 5.13. The summed E-state index contributed by atoms with van der Waals surface area (Å²) >= 11 is 0. The van der Waals surface area contributed by atoms with Crippen LogP contribution in [0.1, 0.15) is 0 Å². The van der Waals surface area contributed by atoms with Crippen LogP contribution < -0.4 is 4.90 Å². The average molecular weight is 727 g/mol. The Hall–Kier alpha value is -7.69. The van der Waals surface area contributed by atoms with E-state index >= 15 is 0 Å². The van der Waals surface area contributed by atoms with Crippen molar-refractivity contribution in [1.29, 1.82) is 0 Å². The van der Waals surface area contributed by atoms with Crippen LogP contribution in [0.25, 0.3) is 89.1 Å². The van der Waals surface area contributed by atoms with Crippen molar-refractivity contribution in [3.8, 4) is 67.5 Å². The Balaban J connectivity index is 1.10. The lowest BCUT2D eigenvalue weighted by molar-refractivity contribution is 1.07. The Morgan fingerprint density at radius 1 is 0.316 bits per heavy atom. The summed E-state index contributed by atoms with van der Waals surface area (Å²) in [7, 11) is 0. The minimum Gasteiger partial charge on any atom is -0.309 e. The van der Waals surface area contributed by atoms with Gasteiger partial charge in [0, 0.05) is 33.3 Å². The second-order valence-electron chi connectivity index (χ2n) is 14.4. The molecular formula is C53H34N4. The van der Waals surface area contributed by atoms with Crippen LogP contribution in [0.3, 0.4) is 0 Å². The van der Waals surface area contributed by atoms with Crippen molar-refractivity contribution in [3.05, 3.63) is 206 Å². The van der Waals surface area contributed by atoms with Crippen molar-refractivity contribution in [2.45, 2.75) is 0 Å². The first-order chi connectivity index (χ1) is 28.3. The molecule has 10 aromatic rings. The number of hydrogen-bond donors (Lipinski definition) is 0. The molecule has 0 aliphatic carbocycles. The lowest BCUT2D eigenvalue weighted by atomic mass is 9.84. The molecule has 0 N–H and O–H groups in total. The maximum Gasteiger partial charge on any atom is 0.164 e. The predicted octanol–water partition coefficient (Wildman–Crippen LogP) is 14.0. The molecule has 1 aliphatic rings.